The molecule has 0 aliphatic carbocycles. The van der Waals surface area contributed by atoms with Crippen molar-refractivity contribution in [3.8, 4) is 0 Å². The standard InChI is InChI=1S/C25H35Cl2N3O3/c1-25(19-31)11-2-3-13-30(25)14-5-4-12-28-16-17-29(15-10-24(28)33)23(32)9-7-20-6-8-21(26)22(27)18-20/h6-9,18,31H,2-5,10-17,19H2,1H3/b9-7+. The second-order valence-electron chi connectivity index (χ2n) is 9.27. The van der Waals surface area contributed by atoms with E-state index in [2.05, 4.69) is 11.8 Å². The van der Waals surface area contributed by atoms with E-state index in [1.54, 1.807) is 29.2 Å². The number of halogens is 2. The van der Waals surface area contributed by atoms with Gasteiger partial charge in [0.25, 0.3) is 0 Å². The molecule has 2 heterocycles. The zero-order valence-electron chi connectivity index (χ0n) is 19.4. The SMILES string of the molecule is CC1(CO)CCCCN1CCCCN1CCN(C(=O)/C=C/c2ccc(Cl)c(Cl)c2)CCC1=O. The van der Waals surface area contributed by atoms with Crippen molar-refractivity contribution in [3.63, 3.8) is 0 Å². The van der Waals surface area contributed by atoms with Gasteiger partial charge in [-0.3, -0.25) is 14.5 Å². The number of amides is 2. The van der Waals surface area contributed by atoms with Crippen molar-refractivity contribution in [2.24, 2.45) is 0 Å². The monoisotopic (exact) mass is 495 g/mol. The molecule has 8 heteroatoms. The zero-order valence-corrected chi connectivity index (χ0v) is 21.0. The van der Waals surface area contributed by atoms with Crippen molar-refractivity contribution in [2.45, 2.75) is 51.0 Å². The van der Waals surface area contributed by atoms with Crippen LogP contribution in [0.15, 0.2) is 24.3 Å². The number of unbranched alkanes of at least 4 members (excludes halogenated alkanes) is 1. The summed E-state index contributed by atoms with van der Waals surface area (Å²) in [7, 11) is 0. The average Bonchev–Trinajstić information content (AvgIpc) is 3.00. The Bertz CT molecular complexity index is 863. The molecule has 2 fully saturated rings. The molecule has 3 rings (SSSR count). The molecule has 1 unspecified atom stereocenters. The number of piperidine rings is 1. The number of rotatable bonds is 8. The van der Waals surface area contributed by atoms with E-state index in [0.717, 1.165) is 37.9 Å². The fourth-order valence-electron chi connectivity index (χ4n) is 4.62. The minimum absolute atomic E-state index is 0.107. The van der Waals surface area contributed by atoms with Crippen LogP contribution < -0.4 is 0 Å². The second kappa shape index (κ2) is 12.2. The van der Waals surface area contributed by atoms with Gasteiger partial charge in [0, 0.05) is 44.2 Å². The Hall–Kier alpha value is -1.60. The van der Waals surface area contributed by atoms with E-state index in [1.165, 1.54) is 18.9 Å². The first-order chi connectivity index (χ1) is 15.8. The first-order valence-electron chi connectivity index (χ1n) is 11.9. The molecule has 182 valence electrons. The lowest BCUT2D eigenvalue weighted by Gasteiger charge is -2.44. The summed E-state index contributed by atoms with van der Waals surface area (Å²) >= 11 is 12.0. The molecule has 33 heavy (non-hydrogen) atoms. The van der Waals surface area contributed by atoms with Crippen LogP contribution >= 0.6 is 23.2 Å². The summed E-state index contributed by atoms with van der Waals surface area (Å²) < 4.78 is 0. The number of hydrogen-bond acceptors (Lipinski definition) is 4. The Kier molecular flexibility index (Phi) is 9.62. The van der Waals surface area contributed by atoms with Gasteiger partial charge in [-0.15, -0.1) is 0 Å². The van der Waals surface area contributed by atoms with E-state index in [4.69, 9.17) is 23.2 Å². The molecule has 2 aliphatic heterocycles. The number of hydrogen-bond donors (Lipinski definition) is 1. The van der Waals surface area contributed by atoms with E-state index < -0.39 is 0 Å². The van der Waals surface area contributed by atoms with Crippen molar-refractivity contribution in [1.82, 2.24) is 14.7 Å². The molecule has 6 nitrogen and oxygen atoms in total. The maximum atomic E-state index is 12.6. The number of aliphatic hydroxyl groups excluding tert-OH is 1. The molecule has 0 spiro atoms. The van der Waals surface area contributed by atoms with Crippen LogP contribution in [-0.2, 0) is 9.59 Å². The number of carbonyl (C=O) groups is 2. The molecule has 1 N–H and O–H groups in total. The highest BCUT2D eigenvalue weighted by Gasteiger charge is 2.33. The third kappa shape index (κ3) is 7.19. The van der Waals surface area contributed by atoms with Gasteiger partial charge in [0.2, 0.25) is 11.8 Å². The predicted octanol–water partition coefficient (Wildman–Crippen LogP) is 4.08. The van der Waals surface area contributed by atoms with E-state index in [1.807, 2.05) is 4.90 Å². The minimum atomic E-state index is -0.109. The lowest BCUT2D eigenvalue weighted by molar-refractivity contribution is -0.130. The van der Waals surface area contributed by atoms with Crippen LogP contribution in [0.25, 0.3) is 6.08 Å². The van der Waals surface area contributed by atoms with Crippen molar-refractivity contribution in [1.29, 1.82) is 0 Å². The largest absolute Gasteiger partial charge is 0.394 e. The van der Waals surface area contributed by atoms with Gasteiger partial charge in [0.15, 0.2) is 0 Å². The third-order valence-corrected chi connectivity index (χ3v) is 7.60. The van der Waals surface area contributed by atoms with Gasteiger partial charge in [-0.05, 0) is 69.5 Å². The molecule has 0 radical (unpaired) electrons. The average molecular weight is 496 g/mol. The van der Waals surface area contributed by atoms with Crippen molar-refractivity contribution in [2.75, 3.05) is 45.9 Å². The van der Waals surface area contributed by atoms with Gasteiger partial charge < -0.3 is 14.9 Å². The Labute approximate surface area is 207 Å². The summed E-state index contributed by atoms with van der Waals surface area (Å²) in [6.07, 6.45) is 8.91. The molecule has 0 aromatic heterocycles. The maximum absolute atomic E-state index is 12.6. The smallest absolute Gasteiger partial charge is 0.246 e. The number of nitrogens with zero attached hydrogens (tertiary/aromatic N) is 3. The molecule has 2 saturated heterocycles. The van der Waals surface area contributed by atoms with Crippen LogP contribution in [0.3, 0.4) is 0 Å². The Morgan fingerprint density at radius 1 is 1.09 bits per heavy atom. The van der Waals surface area contributed by atoms with Crippen LogP contribution in [0.1, 0.15) is 51.0 Å². The maximum Gasteiger partial charge on any atom is 0.246 e. The molecule has 1 atom stereocenters. The molecular formula is C25H35Cl2N3O3. The molecule has 1 aromatic carbocycles. The molecule has 2 aliphatic rings. The van der Waals surface area contributed by atoms with Gasteiger partial charge in [-0.1, -0.05) is 35.7 Å². The summed E-state index contributed by atoms with van der Waals surface area (Å²) in [5.74, 6) is 0.000965. The normalized spacial score (nSPS) is 22.7. The van der Waals surface area contributed by atoms with Crippen LogP contribution in [0.5, 0.6) is 0 Å². The zero-order chi connectivity index (χ0) is 23.8. The highest BCUT2D eigenvalue weighted by molar-refractivity contribution is 6.42. The number of aliphatic hydroxyl groups is 1. The number of carbonyl (C=O) groups excluding carboxylic acids is 2. The van der Waals surface area contributed by atoms with Crippen molar-refractivity contribution >= 4 is 41.1 Å². The summed E-state index contributed by atoms with van der Waals surface area (Å²) in [5, 5.41) is 10.7. The van der Waals surface area contributed by atoms with Gasteiger partial charge in [0.05, 0.1) is 16.7 Å². The van der Waals surface area contributed by atoms with Crippen LogP contribution in [0, 0.1) is 0 Å². The van der Waals surface area contributed by atoms with E-state index in [-0.39, 0.29) is 24.0 Å². The quantitative estimate of drug-likeness (QED) is 0.435. The Balaban J connectivity index is 1.44. The summed E-state index contributed by atoms with van der Waals surface area (Å²) in [6.45, 7) is 6.56. The fourth-order valence-corrected chi connectivity index (χ4v) is 4.92. The molecule has 2 amide bonds. The summed E-state index contributed by atoms with van der Waals surface area (Å²) in [5.41, 5.74) is 0.693. The molecule has 0 saturated carbocycles. The third-order valence-electron chi connectivity index (χ3n) is 6.87. The van der Waals surface area contributed by atoms with E-state index in [0.29, 0.717) is 42.6 Å². The predicted molar refractivity (Wildman–Crippen MR) is 133 cm³/mol. The molecule has 1 aromatic rings. The van der Waals surface area contributed by atoms with Crippen molar-refractivity contribution < 1.29 is 14.7 Å². The fraction of sp³-hybridized carbons (Fsp3) is 0.600. The van der Waals surface area contributed by atoms with Gasteiger partial charge in [-0.2, -0.15) is 0 Å². The lowest BCUT2D eigenvalue weighted by atomic mass is 9.89. The van der Waals surface area contributed by atoms with Gasteiger partial charge in [0.1, 0.15) is 0 Å². The Morgan fingerprint density at radius 3 is 2.64 bits per heavy atom. The number of benzene rings is 1. The first-order valence-corrected chi connectivity index (χ1v) is 12.6. The topological polar surface area (TPSA) is 64.1 Å². The first kappa shape index (κ1) is 26.0. The van der Waals surface area contributed by atoms with Gasteiger partial charge >= 0.3 is 0 Å². The highest BCUT2D eigenvalue weighted by Crippen LogP contribution is 2.27. The Morgan fingerprint density at radius 2 is 1.88 bits per heavy atom. The molecule has 0 bridgehead atoms. The van der Waals surface area contributed by atoms with E-state index in [9.17, 15) is 14.7 Å². The highest BCUT2D eigenvalue weighted by atomic mass is 35.5. The summed E-state index contributed by atoms with van der Waals surface area (Å²) in [4.78, 5) is 31.2. The number of likely N-dealkylation sites (tertiary alicyclic amines) is 1. The van der Waals surface area contributed by atoms with E-state index >= 15 is 0 Å². The van der Waals surface area contributed by atoms with Crippen molar-refractivity contribution in [3.05, 3.63) is 39.9 Å². The van der Waals surface area contributed by atoms with Crippen LogP contribution in [0.2, 0.25) is 10.0 Å². The summed E-state index contributed by atoms with van der Waals surface area (Å²) in [6, 6.07) is 5.22. The lowest BCUT2D eigenvalue weighted by Crippen LogP contribution is -2.52. The minimum Gasteiger partial charge on any atom is -0.394 e. The molecular weight excluding hydrogens is 461 g/mol. The second-order valence-corrected chi connectivity index (χ2v) is 10.1. The van der Waals surface area contributed by atoms with Gasteiger partial charge in [-0.25, -0.2) is 0 Å². The van der Waals surface area contributed by atoms with Crippen LogP contribution in [-0.4, -0.2) is 83.0 Å². The van der Waals surface area contributed by atoms with Crippen LogP contribution in [0.4, 0.5) is 0 Å².